The van der Waals surface area contributed by atoms with Gasteiger partial charge in [-0.25, -0.2) is 0 Å². The predicted molar refractivity (Wildman–Crippen MR) is 101 cm³/mol. The summed E-state index contributed by atoms with van der Waals surface area (Å²) in [5.74, 6) is 0.575. The molecule has 1 amide bonds. The molecule has 0 bridgehead atoms. The molecule has 1 heterocycles. The number of anilines is 2. The van der Waals surface area contributed by atoms with Gasteiger partial charge >= 0.3 is 0 Å². The Morgan fingerprint density at radius 1 is 1.08 bits per heavy atom. The van der Waals surface area contributed by atoms with Crippen LogP contribution in [0.1, 0.15) is 30.1 Å². The highest BCUT2D eigenvalue weighted by Gasteiger charge is 2.19. The standard InChI is InChI=1S/C19H20Cl2N2O/c1-13-8-10-23(11-9-13)18-5-3-2-4-17(18)22-19(24)14-6-7-15(20)16(21)12-14/h2-7,12-13H,8-11H2,1H3,(H,22,24). The lowest BCUT2D eigenvalue weighted by Crippen LogP contribution is -2.33. The van der Waals surface area contributed by atoms with Gasteiger partial charge in [-0.3, -0.25) is 4.79 Å². The van der Waals surface area contributed by atoms with Crippen LogP contribution in [0, 0.1) is 5.92 Å². The second-order valence-corrected chi connectivity index (χ2v) is 7.08. The molecular weight excluding hydrogens is 343 g/mol. The number of nitrogens with zero attached hydrogens (tertiary/aromatic N) is 1. The topological polar surface area (TPSA) is 32.3 Å². The van der Waals surface area contributed by atoms with E-state index in [0.717, 1.165) is 30.4 Å². The average molecular weight is 363 g/mol. The smallest absolute Gasteiger partial charge is 0.255 e. The first kappa shape index (κ1) is 17.1. The van der Waals surface area contributed by atoms with Crippen LogP contribution in [0.4, 0.5) is 11.4 Å². The van der Waals surface area contributed by atoms with Crippen LogP contribution >= 0.6 is 23.2 Å². The lowest BCUT2D eigenvalue weighted by atomic mass is 9.98. The van der Waals surface area contributed by atoms with Crippen LogP contribution in [0.3, 0.4) is 0 Å². The Morgan fingerprint density at radius 2 is 1.79 bits per heavy atom. The summed E-state index contributed by atoms with van der Waals surface area (Å²) >= 11 is 11.9. The van der Waals surface area contributed by atoms with Crippen LogP contribution in [-0.4, -0.2) is 19.0 Å². The molecule has 3 rings (SSSR count). The summed E-state index contributed by atoms with van der Waals surface area (Å²) in [7, 11) is 0. The molecule has 24 heavy (non-hydrogen) atoms. The molecule has 0 atom stereocenters. The fourth-order valence-electron chi connectivity index (χ4n) is 2.94. The minimum Gasteiger partial charge on any atom is -0.370 e. The van der Waals surface area contributed by atoms with Crippen molar-refractivity contribution in [3.63, 3.8) is 0 Å². The van der Waals surface area contributed by atoms with Crippen LogP contribution < -0.4 is 10.2 Å². The number of hydrogen-bond acceptors (Lipinski definition) is 2. The first-order chi connectivity index (χ1) is 11.5. The number of para-hydroxylation sites is 2. The van der Waals surface area contributed by atoms with Crippen molar-refractivity contribution in [1.82, 2.24) is 0 Å². The average Bonchev–Trinajstić information content (AvgIpc) is 2.58. The Balaban J connectivity index is 1.80. The Labute approximate surface area is 152 Å². The van der Waals surface area contributed by atoms with Gasteiger partial charge in [0.05, 0.1) is 21.4 Å². The maximum Gasteiger partial charge on any atom is 0.255 e. The largest absolute Gasteiger partial charge is 0.370 e. The summed E-state index contributed by atoms with van der Waals surface area (Å²) in [6.45, 7) is 4.32. The van der Waals surface area contributed by atoms with Crippen molar-refractivity contribution in [2.45, 2.75) is 19.8 Å². The zero-order valence-corrected chi connectivity index (χ0v) is 15.1. The van der Waals surface area contributed by atoms with Crippen molar-refractivity contribution in [2.24, 2.45) is 5.92 Å². The molecule has 0 unspecified atom stereocenters. The van der Waals surface area contributed by atoms with E-state index in [1.54, 1.807) is 18.2 Å². The molecule has 1 fully saturated rings. The lowest BCUT2D eigenvalue weighted by Gasteiger charge is -2.33. The van der Waals surface area contributed by atoms with Crippen LogP contribution in [-0.2, 0) is 0 Å². The highest BCUT2D eigenvalue weighted by molar-refractivity contribution is 6.42. The van der Waals surface area contributed by atoms with Crippen molar-refractivity contribution in [2.75, 3.05) is 23.3 Å². The Kier molecular flexibility index (Phi) is 5.32. The molecule has 2 aromatic carbocycles. The highest BCUT2D eigenvalue weighted by Crippen LogP contribution is 2.30. The van der Waals surface area contributed by atoms with Crippen molar-refractivity contribution in [3.05, 3.63) is 58.1 Å². The van der Waals surface area contributed by atoms with Crippen LogP contribution in [0.25, 0.3) is 0 Å². The van der Waals surface area contributed by atoms with Crippen LogP contribution in [0.2, 0.25) is 10.0 Å². The third-order valence-corrected chi connectivity index (χ3v) is 5.20. The van der Waals surface area contributed by atoms with Gasteiger partial charge in [0, 0.05) is 18.7 Å². The van der Waals surface area contributed by atoms with Gasteiger partial charge in [0.25, 0.3) is 5.91 Å². The molecule has 3 nitrogen and oxygen atoms in total. The van der Waals surface area contributed by atoms with E-state index in [-0.39, 0.29) is 5.91 Å². The second-order valence-electron chi connectivity index (χ2n) is 6.27. The predicted octanol–water partition coefficient (Wildman–Crippen LogP) is 5.48. The minimum absolute atomic E-state index is 0.189. The summed E-state index contributed by atoms with van der Waals surface area (Å²) in [6.07, 6.45) is 2.35. The second kappa shape index (κ2) is 7.45. The fourth-order valence-corrected chi connectivity index (χ4v) is 3.23. The fraction of sp³-hybridized carbons (Fsp3) is 0.316. The maximum absolute atomic E-state index is 12.5. The van der Waals surface area contributed by atoms with E-state index in [9.17, 15) is 4.79 Å². The van der Waals surface area contributed by atoms with Gasteiger partial charge < -0.3 is 10.2 Å². The van der Waals surface area contributed by atoms with E-state index in [1.807, 2.05) is 18.2 Å². The molecule has 126 valence electrons. The van der Waals surface area contributed by atoms with E-state index in [4.69, 9.17) is 23.2 Å². The van der Waals surface area contributed by atoms with E-state index in [1.165, 1.54) is 12.8 Å². The van der Waals surface area contributed by atoms with E-state index >= 15 is 0 Å². The number of carbonyl (C=O) groups is 1. The number of piperidine rings is 1. The zero-order valence-electron chi connectivity index (χ0n) is 13.6. The van der Waals surface area contributed by atoms with Gasteiger partial charge in [0.15, 0.2) is 0 Å². The number of rotatable bonds is 3. The first-order valence-corrected chi connectivity index (χ1v) is 8.90. The van der Waals surface area contributed by atoms with E-state index in [0.29, 0.717) is 15.6 Å². The third-order valence-electron chi connectivity index (χ3n) is 4.46. The molecule has 0 radical (unpaired) electrons. The Morgan fingerprint density at radius 3 is 2.50 bits per heavy atom. The van der Waals surface area contributed by atoms with Crippen molar-refractivity contribution in [3.8, 4) is 0 Å². The molecule has 1 N–H and O–H groups in total. The molecule has 0 spiro atoms. The molecule has 1 aliphatic rings. The molecular formula is C19H20Cl2N2O. The summed E-state index contributed by atoms with van der Waals surface area (Å²) in [5.41, 5.74) is 2.38. The van der Waals surface area contributed by atoms with Crippen LogP contribution in [0.15, 0.2) is 42.5 Å². The normalized spacial score (nSPS) is 15.4. The summed E-state index contributed by atoms with van der Waals surface area (Å²) in [4.78, 5) is 14.9. The van der Waals surface area contributed by atoms with Gasteiger partial charge in [0.1, 0.15) is 0 Å². The molecule has 1 saturated heterocycles. The van der Waals surface area contributed by atoms with Crippen molar-refractivity contribution >= 4 is 40.5 Å². The SMILES string of the molecule is CC1CCN(c2ccccc2NC(=O)c2ccc(Cl)c(Cl)c2)CC1. The van der Waals surface area contributed by atoms with Gasteiger partial charge in [-0.05, 0) is 49.1 Å². The third kappa shape index (κ3) is 3.85. The molecule has 5 heteroatoms. The number of nitrogens with one attached hydrogen (secondary N) is 1. The molecule has 0 aromatic heterocycles. The molecule has 2 aromatic rings. The molecule has 0 saturated carbocycles. The number of carbonyl (C=O) groups excluding carboxylic acids is 1. The first-order valence-electron chi connectivity index (χ1n) is 8.15. The number of hydrogen-bond donors (Lipinski definition) is 1. The van der Waals surface area contributed by atoms with Crippen LogP contribution in [0.5, 0.6) is 0 Å². The van der Waals surface area contributed by atoms with Crippen molar-refractivity contribution < 1.29 is 4.79 Å². The number of amides is 1. The highest BCUT2D eigenvalue weighted by atomic mass is 35.5. The van der Waals surface area contributed by atoms with Gasteiger partial charge in [-0.15, -0.1) is 0 Å². The monoisotopic (exact) mass is 362 g/mol. The zero-order chi connectivity index (χ0) is 17.1. The Hall–Kier alpha value is -1.71. The quantitative estimate of drug-likeness (QED) is 0.783. The number of halogens is 2. The Bertz CT molecular complexity index is 740. The van der Waals surface area contributed by atoms with Gasteiger partial charge in [-0.2, -0.15) is 0 Å². The number of benzene rings is 2. The summed E-state index contributed by atoms with van der Waals surface area (Å²) < 4.78 is 0. The van der Waals surface area contributed by atoms with Gasteiger partial charge in [0.2, 0.25) is 0 Å². The van der Waals surface area contributed by atoms with Gasteiger partial charge in [-0.1, -0.05) is 42.3 Å². The molecule has 1 aliphatic heterocycles. The lowest BCUT2D eigenvalue weighted by molar-refractivity contribution is 0.102. The summed E-state index contributed by atoms with van der Waals surface area (Å²) in [5, 5.41) is 3.82. The molecule has 0 aliphatic carbocycles. The van der Waals surface area contributed by atoms with E-state index < -0.39 is 0 Å². The minimum atomic E-state index is -0.189. The van der Waals surface area contributed by atoms with E-state index in [2.05, 4.69) is 23.2 Å². The summed E-state index contributed by atoms with van der Waals surface area (Å²) in [6, 6.07) is 12.8. The van der Waals surface area contributed by atoms with Crippen molar-refractivity contribution in [1.29, 1.82) is 0 Å². The maximum atomic E-state index is 12.5.